The van der Waals surface area contributed by atoms with Gasteiger partial charge in [0.2, 0.25) is 11.8 Å². The highest BCUT2D eigenvalue weighted by atomic mass is 19.3. The predicted octanol–water partition coefficient (Wildman–Crippen LogP) is 6.20. The Labute approximate surface area is 255 Å². The summed E-state index contributed by atoms with van der Waals surface area (Å²) in [6.45, 7) is 8.72. The van der Waals surface area contributed by atoms with Gasteiger partial charge in [0, 0.05) is 38.0 Å². The summed E-state index contributed by atoms with van der Waals surface area (Å²) in [5.41, 5.74) is 5.63. The van der Waals surface area contributed by atoms with E-state index in [0.29, 0.717) is 6.61 Å². The van der Waals surface area contributed by atoms with Crippen LogP contribution < -0.4 is 9.47 Å². The number of carboxylic acid groups (broad SMARTS) is 1. The van der Waals surface area contributed by atoms with Crippen molar-refractivity contribution in [2.75, 3.05) is 13.1 Å². The Hall–Kier alpha value is -4.18. The highest BCUT2D eigenvalue weighted by molar-refractivity contribution is 5.90. The molecule has 0 spiro atoms. The molecule has 1 fully saturated rings. The highest BCUT2D eigenvalue weighted by Crippen LogP contribution is 2.46. The first kappa shape index (κ1) is 28.6. The largest absolute Gasteiger partial charge is 0.488 e. The van der Waals surface area contributed by atoms with E-state index in [1.165, 1.54) is 17.3 Å². The summed E-state index contributed by atoms with van der Waals surface area (Å²) in [5, 5.41) is 14.1. The second-order valence-electron chi connectivity index (χ2n) is 12.6. The first-order chi connectivity index (χ1) is 21.0. The number of aromatic nitrogens is 2. The van der Waals surface area contributed by atoms with E-state index in [1.807, 2.05) is 57.2 Å². The van der Waals surface area contributed by atoms with Gasteiger partial charge in [-0.3, -0.25) is 4.90 Å². The minimum atomic E-state index is -2.47. The SMILES string of the molecule is Cc1cccc(C2=CC=CC3(C)N2C(C)Oc2c(C(=O)O)cnn23)c1OCc1ccc2c(c1)CCN(CC1CC(F)(F)C1)C2. The number of carbonyl (C=O) groups is 1. The normalized spacial score (nSPS) is 24.0. The third kappa shape index (κ3) is 4.85. The molecule has 3 aliphatic heterocycles. The van der Waals surface area contributed by atoms with E-state index in [1.54, 1.807) is 4.68 Å². The van der Waals surface area contributed by atoms with Gasteiger partial charge in [-0.15, -0.1) is 0 Å². The molecule has 7 rings (SSSR count). The van der Waals surface area contributed by atoms with Crippen molar-refractivity contribution in [1.82, 2.24) is 19.6 Å². The number of aromatic carboxylic acids is 1. The van der Waals surface area contributed by atoms with Crippen molar-refractivity contribution in [2.24, 2.45) is 5.92 Å². The molecule has 2 atom stereocenters. The average Bonchev–Trinajstić information content (AvgIpc) is 3.40. The molecular formula is C34H36F2N4O4. The van der Waals surface area contributed by atoms with Gasteiger partial charge in [0.25, 0.3) is 0 Å². The number of nitrogens with zero attached hydrogens (tertiary/aromatic N) is 4. The summed E-state index contributed by atoms with van der Waals surface area (Å²) in [5.74, 6) is -2.46. The highest BCUT2D eigenvalue weighted by Gasteiger charge is 2.47. The first-order valence-electron chi connectivity index (χ1n) is 15.1. The maximum Gasteiger partial charge on any atom is 0.342 e. The van der Waals surface area contributed by atoms with E-state index in [-0.39, 0.29) is 30.2 Å². The summed E-state index contributed by atoms with van der Waals surface area (Å²) in [6.07, 6.45) is 7.75. The van der Waals surface area contributed by atoms with Gasteiger partial charge in [0.1, 0.15) is 17.9 Å². The Bertz CT molecular complexity index is 1690. The maximum absolute atomic E-state index is 13.3. The molecule has 230 valence electrons. The Balaban J connectivity index is 1.10. The van der Waals surface area contributed by atoms with Crippen LogP contribution in [0.25, 0.3) is 5.70 Å². The topological polar surface area (TPSA) is 80.1 Å². The number of allylic oxidation sites excluding steroid dienone is 2. The van der Waals surface area contributed by atoms with Crippen LogP contribution in [0.1, 0.15) is 64.9 Å². The molecule has 0 saturated heterocycles. The number of para-hydroxylation sites is 1. The molecule has 4 aliphatic rings. The fraction of sp³-hybridized carbons (Fsp3) is 0.412. The van der Waals surface area contributed by atoms with Crippen molar-refractivity contribution < 1.29 is 28.2 Å². The number of rotatable bonds is 7. The minimum absolute atomic E-state index is 0.0135. The van der Waals surface area contributed by atoms with E-state index in [9.17, 15) is 18.7 Å². The number of alkyl halides is 2. The maximum atomic E-state index is 13.3. The Kier molecular flexibility index (Phi) is 6.80. The number of ether oxygens (including phenoxy) is 2. The van der Waals surface area contributed by atoms with Crippen LogP contribution in [-0.2, 0) is 25.2 Å². The quantitative estimate of drug-likeness (QED) is 0.345. The number of hydrogen-bond donors (Lipinski definition) is 1. The lowest BCUT2D eigenvalue weighted by atomic mass is 9.80. The number of hydrogen-bond acceptors (Lipinski definition) is 6. The second kappa shape index (κ2) is 10.5. The average molecular weight is 603 g/mol. The third-order valence-electron chi connectivity index (χ3n) is 9.37. The molecule has 10 heteroatoms. The number of benzene rings is 2. The standard InChI is InChI=1S/C34H36F2N4O4/c1-21-6-4-7-27(29-8-5-12-33(3)39(29)22(2)44-31-28(32(41)42)17-37-40(31)33)30(21)43-20-23-9-10-26-19-38(13-11-25(26)14-23)18-24-15-34(35,36)16-24/h4-10,12,14,17,22,24H,11,13,15-16,18-20H2,1-3H3,(H,41,42). The smallest absolute Gasteiger partial charge is 0.342 e. The Morgan fingerprint density at radius 1 is 1.20 bits per heavy atom. The molecule has 0 radical (unpaired) electrons. The van der Waals surface area contributed by atoms with Crippen molar-refractivity contribution in [1.29, 1.82) is 0 Å². The minimum Gasteiger partial charge on any atom is -0.488 e. The molecule has 4 heterocycles. The van der Waals surface area contributed by atoms with Crippen LogP contribution in [0.2, 0.25) is 0 Å². The number of aryl methyl sites for hydroxylation is 1. The summed E-state index contributed by atoms with van der Waals surface area (Å²) < 4.78 is 40.9. The van der Waals surface area contributed by atoms with Gasteiger partial charge < -0.3 is 19.5 Å². The summed E-state index contributed by atoms with van der Waals surface area (Å²) in [7, 11) is 0. The molecular weight excluding hydrogens is 566 g/mol. The number of fused-ring (bicyclic) bond motifs is 4. The van der Waals surface area contributed by atoms with Gasteiger partial charge in [0.15, 0.2) is 11.9 Å². The predicted molar refractivity (Wildman–Crippen MR) is 160 cm³/mol. The van der Waals surface area contributed by atoms with Gasteiger partial charge in [0.05, 0.1) is 11.9 Å². The zero-order chi connectivity index (χ0) is 30.8. The fourth-order valence-corrected chi connectivity index (χ4v) is 7.21. The van der Waals surface area contributed by atoms with E-state index >= 15 is 0 Å². The van der Waals surface area contributed by atoms with E-state index in [4.69, 9.17) is 9.47 Å². The van der Waals surface area contributed by atoms with Crippen molar-refractivity contribution in [3.05, 3.63) is 94.2 Å². The van der Waals surface area contributed by atoms with Gasteiger partial charge in [-0.25, -0.2) is 18.3 Å². The van der Waals surface area contributed by atoms with Crippen LogP contribution >= 0.6 is 0 Å². The van der Waals surface area contributed by atoms with Crippen molar-refractivity contribution in [2.45, 2.75) is 71.0 Å². The molecule has 44 heavy (non-hydrogen) atoms. The van der Waals surface area contributed by atoms with E-state index < -0.39 is 23.8 Å². The summed E-state index contributed by atoms with van der Waals surface area (Å²) in [6, 6.07) is 12.5. The Morgan fingerprint density at radius 2 is 2.02 bits per heavy atom. The molecule has 3 aromatic rings. The zero-order valence-corrected chi connectivity index (χ0v) is 25.1. The zero-order valence-electron chi connectivity index (χ0n) is 25.1. The molecule has 1 saturated carbocycles. The van der Waals surface area contributed by atoms with Gasteiger partial charge in [-0.1, -0.05) is 36.4 Å². The molecule has 1 aromatic heterocycles. The van der Waals surface area contributed by atoms with Gasteiger partial charge in [-0.05, 0) is 73.6 Å². The van der Waals surface area contributed by atoms with Crippen LogP contribution in [0, 0.1) is 12.8 Å². The van der Waals surface area contributed by atoms with E-state index in [2.05, 4.69) is 33.1 Å². The van der Waals surface area contributed by atoms with Crippen LogP contribution in [0.4, 0.5) is 8.78 Å². The van der Waals surface area contributed by atoms with Gasteiger partial charge >= 0.3 is 5.97 Å². The molecule has 0 bridgehead atoms. The van der Waals surface area contributed by atoms with Crippen molar-refractivity contribution >= 4 is 11.7 Å². The van der Waals surface area contributed by atoms with Crippen LogP contribution in [0.15, 0.2) is 60.8 Å². The Morgan fingerprint density at radius 3 is 2.80 bits per heavy atom. The lowest BCUT2D eigenvalue weighted by Crippen LogP contribution is -2.57. The molecule has 1 aliphatic carbocycles. The summed E-state index contributed by atoms with van der Waals surface area (Å²) >= 11 is 0. The van der Waals surface area contributed by atoms with Gasteiger partial charge in [-0.2, -0.15) is 5.10 Å². The number of carboxylic acids is 1. The molecule has 2 unspecified atom stereocenters. The molecule has 8 nitrogen and oxygen atoms in total. The molecule has 2 aromatic carbocycles. The number of halogens is 2. The van der Waals surface area contributed by atoms with Crippen LogP contribution in [0.5, 0.6) is 11.6 Å². The third-order valence-corrected chi connectivity index (χ3v) is 9.37. The second-order valence-corrected chi connectivity index (χ2v) is 12.6. The van der Waals surface area contributed by atoms with Crippen LogP contribution in [-0.4, -0.2) is 55.9 Å². The molecule has 0 amide bonds. The first-order valence-corrected chi connectivity index (χ1v) is 15.1. The van der Waals surface area contributed by atoms with Crippen LogP contribution in [0.3, 0.4) is 0 Å². The van der Waals surface area contributed by atoms with Crippen molar-refractivity contribution in [3.63, 3.8) is 0 Å². The monoisotopic (exact) mass is 602 g/mol. The lowest BCUT2D eigenvalue weighted by Gasteiger charge is -2.50. The van der Waals surface area contributed by atoms with E-state index in [0.717, 1.165) is 54.2 Å². The lowest BCUT2D eigenvalue weighted by molar-refractivity contribution is -0.117. The summed E-state index contributed by atoms with van der Waals surface area (Å²) in [4.78, 5) is 16.2. The fourth-order valence-electron chi connectivity index (χ4n) is 7.21. The van der Waals surface area contributed by atoms with Crippen molar-refractivity contribution in [3.8, 4) is 11.6 Å². The molecule has 1 N–H and O–H groups in total.